The van der Waals surface area contributed by atoms with Crippen LogP contribution in [-0.4, -0.2) is 24.5 Å². The molecule has 1 heterocycles. The van der Waals surface area contributed by atoms with Crippen LogP contribution >= 0.6 is 11.6 Å². The van der Waals surface area contributed by atoms with Crippen molar-refractivity contribution in [3.05, 3.63) is 93.3 Å². The Balaban J connectivity index is 1.68. The van der Waals surface area contributed by atoms with E-state index in [9.17, 15) is 18.8 Å². The summed E-state index contributed by atoms with van der Waals surface area (Å²) in [7, 11) is 0. The summed E-state index contributed by atoms with van der Waals surface area (Å²) in [4.78, 5) is 39.5. The Morgan fingerprint density at radius 3 is 2.51 bits per heavy atom. The van der Waals surface area contributed by atoms with Gasteiger partial charge in [0.25, 0.3) is 11.8 Å². The van der Waals surface area contributed by atoms with Gasteiger partial charge in [-0.15, -0.1) is 0 Å². The number of urea groups is 1. The van der Waals surface area contributed by atoms with Gasteiger partial charge < -0.3 is 9.47 Å². The maximum absolute atomic E-state index is 13.5. The molecule has 1 aliphatic heterocycles. The number of hydrogen-bond donors (Lipinski definition) is 1. The van der Waals surface area contributed by atoms with Crippen molar-refractivity contribution in [1.82, 2.24) is 5.32 Å². The third-order valence-electron chi connectivity index (χ3n) is 5.83. The summed E-state index contributed by atoms with van der Waals surface area (Å²) in [5.41, 5.74) is 2.76. The number of rotatable bonds is 7. The van der Waals surface area contributed by atoms with E-state index in [-0.39, 0.29) is 34.5 Å². The Kier molecular flexibility index (Phi) is 7.59. The predicted octanol–water partition coefficient (Wildman–Crippen LogP) is 5.74. The highest BCUT2D eigenvalue weighted by Gasteiger charge is 2.37. The lowest BCUT2D eigenvalue weighted by Crippen LogP contribution is -2.54. The number of carbonyl (C=O) groups is 3. The number of anilines is 1. The average Bonchev–Trinajstić information content (AvgIpc) is 2.84. The maximum Gasteiger partial charge on any atom is 0.335 e. The van der Waals surface area contributed by atoms with Crippen LogP contribution in [0.4, 0.5) is 14.9 Å². The molecular weight excluding hydrogens is 499 g/mol. The second-order valence-electron chi connectivity index (χ2n) is 8.36. The zero-order chi connectivity index (χ0) is 26.7. The summed E-state index contributed by atoms with van der Waals surface area (Å²) in [5, 5.41) is 2.39. The maximum atomic E-state index is 13.5. The lowest BCUT2D eigenvalue weighted by molar-refractivity contribution is -0.122. The normalized spacial score (nSPS) is 14.7. The first kappa shape index (κ1) is 25.9. The number of halogens is 2. The van der Waals surface area contributed by atoms with E-state index in [4.69, 9.17) is 21.1 Å². The van der Waals surface area contributed by atoms with Gasteiger partial charge in [0.05, 0.1) is 17.3 Å². The van der Waals surface area contributed by atoms with E-state index < -0.39 is 17.8 Å². The molecule has 1 aliphatic rings. The van der Waals surface area contributed by atoms with Crippen LogP contribution in [0.1, 0.15) is 29.2 Å². The number of benzene rings is 3. The highest BCUT2D eigenvalue weighted by molar-refractivity contribution is 6.39. The third-order valence-corrected chi connectivity index (χ3v) is 6.11. The van der Waals surface area contributed by atoms with Gasteiger partial charge in [-0.1, -0.05) is 35.9 Å². The molecule has 0 aromatic heterocycles. The molecule has 0 atom stereocenters. The second kappa shape index (κ2) is 10.8. The summed E-state index contributed by atoms with van der Waals surface area (Å²) >= 11 is 6.49. The first-order valence-electron chi connectivity index (χ1n) is 11.5. The van der Waals surface area contributed by atoms with E-state index >= 15 is 0 Å². The van der Waals surface area contributed by atoms with Gasteiger partial charge >= 0.3 is 6.03 Å². The molecule has 37 heavy (non-hydrogen) atoms. The molecule has 9 heteroatoms. The largest absolute Gasteiger partial charge is 0.490 e. The van der Waals surface area contributed by atoms with Gasteiger partial charge in [-0.2, -0.15) is 0 Å². The Labute approximate surface area is 218 Å². The fourth-order valence-electron chi connectivity index (χ4n) is 3.88. The predicted molar refractivity (Wildman–Crippen MR) is 138 cm³/mol. The van der Waals surface area contributed by atoms with Crippen molar-refractivity contribution in [2.75, 3.05) is 11.5 Å². The molecule has 0 bridgehead atoms. The summed E-state index contributed by atoms with van der Waals surface area (Å²) in [6, 6.07) is 13.5. The third kappa shape index (κ3) is 5.49. The minimum Gasteiger partial charge on any atom is -0.490 e. The van der Waals surface area contributed by atoms with Crippen molar-refractivity contribution in [1.29, 1.82) is 0 Å². The molecule has 0 radical (unpaired) electrons. The Morgan fingerprint density at radius 2 is 1.78 bits per heavy atom. The molecule has 190 valence electrons. The molecule has 1 N–H and O–H groups in total. The van der Waals surface area contributed by atoms with Gasteiger partial charge in [0.15, 0.2) is 11.5 Å². The van der Waals surface area contributed by atoms with Gasteiger partial charge in [0, 0.05) is 0 Å². The molecule has 1 fully saturated rings. The van der Waals surface area contributed by atoms with Crippen LogP contribution in [0.3, 0.4) is 0 Å². The number of carbonyl (C=O) groups excluding carboxylic acids is 3. The van der Waals surface area contributed by atoms with E-state index in [1.807, 2.05) is 13.0 Å². The molecule has 4 amide bonds. The fourth-order valence-corrected chi connectivity index (χ4v) is 4.15. The highest BCUT2D eigenvalue weighted by Crippen LogP contribution is 2.38. The molecule has 1 saturated heterocycles. The van der Waals surface area contributed by atoms with Crippen molar-refractivity contribution < 1.29 is 28.2 Å². The van der Waals surface area contributed by atoms with Gasteiger partial charge in [0.2, 0.25) is 0 Å². The number of hydrogen-bond acceptors (Lipinski definition) is 5. The summed E-state index contributed by atoms with van der Waals surface area (Å²) in [5.74, 6) is -1.45. The van der Waals surface area contributed by atoms with Crippen molar-refractivity contribution in [2.45, 2.75) is 27.4 Å². The van der Waals surface area contributed by atoms with Gasteiger partial charge in [-0.25, -0.2) is 14.1 Å². The highest BCUT2D eigenvalue weighted by atomic mass is 35.5. The second-order valence-corrected chi connectivity index (χ2v) is 8.77. The van der Waals surface area contributed by atoms with Crippen molar-refractivity contribution >= 4 is 41.2 Å². The van der Waals surface area contributed by atoms with Crippen LogP contribution < -0.4 is 19.7 Å². The van der Waals surface area contributed by atoms with Crippen LogP contribution in [0.15, 0.2) is 60.2 Å². The Morgan fingerprint density at radius 1 is 1.03 bits per heavy atom. The minimum absolute atomic E-state index is 0.0474. The zero-order valence-electron chi connectivity index (χ0n) is 20.4. The van der Waals surface area contributed by atoms with Crippen LogP contribution in [0.25, 0.3) is 6.08 Å². The number of barbiturate groups is 1. The van der Waals surface area contributed by atoms with Crippen molar-refractivity contribution in [3.8, 4) is 11.5 Å². The number of amides is 4. The van der Waals surface area contributed by atoms with Gasteiger partial charge in [0.1, 0.15) is 18.0 Å². The van der Waals surface area contributed by atoms with E-state index in [0.717, 1.165) is 16.0 Å². The zero-order valence-corrected chi connectivity index (χ0v) is 21.2. The standard InChI is InChI=1S/C28H24ClFN2O5/c1-4-36-24-14-19(13-22(29)25(24)37-15-18-8-6-9-20(30)11-18)12-21-26(33)31-28(35)32(27(21)34)23-10-5-7-16(2)17(23)3/h5-14H,4,15H2,1-3H3,(H,31,33,35)/b21-12+. The molecule has 0 aliphatic carbocycles. The quantitative estimate of drug-likeness (QED) is 0.316. The summed E-state index contributed by atoms with van der Waals surface area (Å²) in [6.07, 6.45) is 1.34. The monoisotopic (exact) mass is 522 g/mol. The average molecular weight is 523 g/mol. The SMILES string of the molecule is CCOc1cc(/C=C2\C(=O)NC(=O)N(c3cccc(C)c3C)C2=O)cc(Cl)c1OCc1cccc(F)c1. The lowest BCUT2D eigenvalue weighted by atomic mass is 10.0. The van der Waals surface area contributed by atoms with Crippen LogP contribution in [0.2, 0.25) is 5.02 Å². The topological polar surface area (TPSA) is 84.9 Å². The molecule has 4 rings (SSSR count). The number of ether oxygens (including phenoxy) is 2. The molecule has 3 aromatic rings. The van der Waals surface area contributed by atoms with Crippen LogP contribution in [0, 0.1) is 19.7 Å². The minimum atomic E-state index is -0.824. The first-order chi connectivity index (χ1) is 17.7. The number of nitrogens with one attached hydrogen (secondary N) is 1. The molecule has 0 spiro atoms. The summed E-state index contributed by atoms with van der Waals surface area (Å²) in [6.45, 7) is 5.78. The van der Waals surface area contributed by atoms with E-state index in [0.29, 0.717) is 23.4 Å². The number of imide groups is 2. The lowest BCUT2D eigenvalue weighted by Gasteiger charge is -2.28. The molecule has 0 unspecified atom stereocenters. The molecular formula is C28H24ClFN2O5. The van der Waals surface area contributed by atoms with E-state index in [1.165, 1.54) is 24.3 Å². The number of aryl methyl sites for hydroxylation is 1. The smallest absolute Gasteiger partial charge is 0.335 e. The fraction of sp³-hybridized carbons (Fsp3) is 0.179. The van der Waals surface area contributed by atoms with Crippen molar-refractivity contribution in [3.63, 3.8) is 0 Å². The van der Waals surface area contributed by atoms with Crippen LogP contribution in [-0.2, 0) is 16.2 Å². The molecule has 0 saturated carbocycles. The van der Waals surface area contributed by atoms with Crippen LogP contribution in [0.5, 0.6) is 11.5 Å². The van der Waals surface area contributed by atoms with Gasteiger partial charge in [-0.05, 0) is 79.4 Å². The first-order valence-corrected chi connectivity index (χ1v) is 11.9. The van der Waals surface area contributed by atoms with E-state index in [1.54, 1.807) is 44.2 Å². The Bertz CT molecular complexity index is 1440. The Hall–Kier alpha value is -4.17. The summed E-state index contributed by atoms with van der Waals surface area (Å²) < 4.78 is 25.0. The number of nitrogens with zero attached hydrogens (tertiary/aromatic N) is 1. The van der Waals surface area contributed by atoms with Gasteiger partial charge in [-0.3, -0.25) is 14.9 Å². The van der Waals surface area contributed by atoms with E-state index in [2.05, 4.69) is 5.32 Å². The van der Waals surface area contributed by atoms with Crippen molar-refractivity contribution in [2.24, 2.45) is 0 Å². The molecule has 7 nitrogen and oxygen atoms in total. The molecule has 3 aromatic carbocycles.